The predicted molar refractivity (Wildman–Crippen MR) is 67.2 cm³/mol. The summed E-state index contributed by atoms with van der Waals surface area (Å²) in [6.07, 6.45) is 0.554. The van der Waals surface area contributed by atoms with E-state index >= 15 is 0 Å². The Morgan fingerprint density at radius 1 is 1.11 bits per heavy atom. The van der Waals surface area contributed by atoms with Gasteiger partial charge in [-0.2, -0.15) is 0 Å². The smallest absolute Gasteiger partial charge is 0.157 e. The van der Waals surface area contributed by atoms with Crippen molar-refractivity contribution in [2.24, 2.45) is 0 Å². The minimum Gasteiger partial charge on any atom is -0.212 e. The van der Waals surface area contributed by atoms with Crippen molar-refractivity contribution in [3.05, 3.63) is 64.8 Å². The van der Waals surface area contributed by atoms with Gasteiger partial charge in [0.1, 0.15) is 11.0 Å². The molecule has 0 atom stereocenters. The molecule has 3 rings (SSSR count). The molecule has 0 fully saturated rings. The van der Waals surface area contributed by atoms with Crippen LogP contribution in [0, 0.1) is 5.82 Å². The summed E-state index contributed by atoms with van der Waals surface area (Å²) in [5.41, 5.74) is 1.67. The SMILES string of the molecule is Fc1ccc(Cc2nc3cccc(Cl)n3n2)cc1. The Labute approximate surface area is 108 Å². The Kier molecular flexibility index (Phi) is 2.72. The van der Waals surface area contributed by atoms with E-state index in [-0.39, 0.29) is 5.82 Å². The lowest BCUT2D eigenvalue weighted by atomic mass is 10.1. The van der Waals surface area contributed by atoms with E-state index in [0.717, 1.165) is 5.56 Å². The Hall–Kier alpha value is -1.94. The predicted octanol–water partition coefficient (Wildman–Crippen LogP) is 3.11. The van der Waals surface area contributed by atoms with E-state index in [1.54, 1.807) is 22.7 Å². The lowest BCUT2D eigenvalue weighted by Gasteiger charge is -1.96. The first-order valence-corrected chi connectivity index (χ1v) is 5.85. The van der Waals surface area contributed by atoms with Crippen LogP contribution in [0.4, 0.5) is 4.39 Å². The molecule has 0 aliphatic rings. The summed E-state index contributed by atoms with van der Waals surface area (Å²) in [5.74, 6) is 0.416. The van der Waals surface area contributed by atoms with E-state index < -0.39 is 0 Å². The number of benzene rings is 1. The maximum absolute atomic E-state index is 12.8. The molecule has 5 heteroatoms. The maximum atomic E-state index is 12.8. The van der Waals surface area contributed by atoms with E-state index in [2.05, 4.69) is 10.1 Å². The number of nitrogens with zero attached hydrogens (tertiary/aromatic N) is 3. The molecule has 0 saturated carbocycles. The van der Waals surface area contributed by atoms with Crippen molar-refractivity contribution in [1.82, 2.24) is 14.6 Å². The van der Waals surface area contributed by atoms with Gasteiger partial charge in [-0.1, -0.05) is 29.8 Å². The molecular formula is C13H9ClFN3. The molecule has 2 aromatic heterocycles. The van der Waals surface area contributed by atoms with Crippen molar-refractivity contribution in [2.45, 2.75) is 6.42 Å². The van der Waals surface area contributed by atoms with Crippen LogP contribution < -0.4 is 0 Å². The fourth-order valence-electron chi connectivity index (χ4n) is 1.78. The third-order valence-electron chi connectivity index (χ3n) is 2.63. The van der Waals surface area contributed by atoms with Gasteiger partial charge in [-0.15, -0.1) is 5.10 Å². The zero-order chi connectivity index (χ0) is 12.5. The standard InChI is InChI=1S/C13H9ClFN3/c14-11-2-1-3-13-16-12(17-18(11)13)8-9-4-6-10(15)7-5-9/h1-7H,8H2. The van der Waals surface area contributed by atoms with Gasteiger partial charge < -0.3 is 0 Å². The lowest BCUT2D eigenvalue weighted by Crippen LogP contribution is -1.93. The van der Waals surface area contributed by atoms with Crippen LogP contribution in [-0.2, 0) is 6.42 Å². The van der Waals surface area contributed by atoms with Crippen LogP contribution in [0.15, 0.2) is 42.5 Å². The van der Waals surface area contributed by atoms with E-state index in [1.807, 2.05) is 12.1 Å². The molecule has 0 bridgehead atoms. The largest absolute Gasteiger partial charge is 0.212 e. The maximum Gasteiger partial charge on any atom is 0.157 e. The molecule has 0 N–H and O–H groups in total. The molecule has 0 unspecified atom stereocenters. The van der Waals surface area contributed by atoms with Crippen LogP contribution in [0.2, 0.25) is 5.15 Å². The van der Waals surface area contributed by atoms with Gasteiger partial charge in [0.15, 0.2) is 11.5 Å². The summed E-state index contributed by atoms with van der Waals surface area (Å²) < 4.78 is 14.4. The van der Waals surface area contributed by atoms with Gasteiger partial charge in [-0.25, -0.2) is 13.9 Å². The molecule has 3 nitrogen and oxygen atoms in total. The van der Waals surface area contributed by atoms with Crippen LogP contribution in [0.3, 0.4) is 0 Å². The first kappa shape index (κ1) is 11.2. The van der Waals surface area contributed by atoms with Crippen molar-refractivity contribution >= 4 is 17.2 Å². The highest BCUT2D eigenvalue weighted by Crippen LogP contribution is 2.13. The van der Waals surface area contributed by atoms with Crippen LogP contribution >= 0.6 is 11.6 Å². The second-order valence-electron chi connectivity index (χ2n) is 3.95. The molecule has 0 spiro atoms. The summed E-state index contributed by atoms with van der Waals surface area (Å²) in [4.78, 5) is 4.36. The molecule has 2 heterocycles. The normalized spacial score (nSPS) is 11.0. The quantitative estimate of drug-likeness (QED) is 0.664. The number of pyridine rings is 1. The summed E-state index contributed by atoms with van der Waals surface area (Å²) in [5, 5.41) is 4.83. The third kappa shape index (κ3) is 2.07. The van der Waals surface area contributed by atoms with Gasteiger partial charge in [0, 0.05) is 6.42 Å². The molecule has 0 aliphatic carbocycles. The van der Waals surface area contributed by atoms with Gasteiger partial charge in [0.2, 0.25) is 0 Å². The molecule has 0 radical (unpaired) electrons. The van der Waals surface area contributed by atoms with Gasteiger partial charge in [0.05, 0.1) is 0 Å². The van der Waals surface area contributed by atoms with Crippen LogP contribution in [0.25, 0.3) is 5.65 Å². The molecule has 90 valence electrons. The average Bonchev–Trinajstić information content (AvgIpc) is 2.76. The number of aromatic nitrogens is 3. The molecule has 18 heavy (non-hydrogen) atoms. The van der Waals surface area contributed by atoms with Crippen molar-refractivity contribution in [1.29, 1.82) is 0 Å². The molecule has 1 aromatic carbocycles. The second-order valence-corrected chi connectivity index (χ2v) is 4.34. The zero-order valence-electron chi connectivity index (χ0n) is 9.35. The van der Waals surface area contributed by atoms with Crippen LogP contribution in [0.5, 0.6) is 0 Å². The van der Waals surface area contributed by atoms with E-state index in [0.29, 0.717) is 23.0 Å². The summed E-state index contributed by atoms with van der Waals surface area (Å²) in [6, 6.07) is 11.7. The number of hydrogen-bond donors (Lipinski definition) is 0. The van der Waals surface area contributed by atoms with Crippen molar-refractivity contribution < 1.29 is 4.39 Å². The Bertz CT molecular complexity index is 691. The Balaban J connectivity index is 1.95. The Morgan fingerprint density at radius 2 is 1.89 bits per heavy atom. The molecule has 3 aromatic rings. The third-order valence-corrected chi connectivity index (χ3v) is 2.92. The summed E-state index contributed by atoms with van der Waals surface area (Å²) in [7, 11) is 0. The lowest BCUT2D eigenvalue weighted by molar-refractivity contribution is 0.627. The van der Waals surface area contributed by atoms with Crippen LogP contribution in [-0.4, -0.2) is 14.6 Å². The first-order chi connectivity index (χ1) is 8.72. The number of halogens is 2. The number of rotatable bonds is 2. The fourth-order valence-corrected chi connectivity index (χ4v) is 1.97. The van der Waals surface area contributed by atoms with Gasteiger partial charge >= 0.3 is 0 Å². The van der Waals surface area contributed by atoms with Gasteiger partial charge in [-0.3, -0.25) is 0 Å². The molecule has 0 saturated heterocycles. The van der Waals surface area contributed by atoms with Crippen molar-refractivity contribution in [3.8, 4) is 0 Å². The minimum absolute atomic E-state index is 0.246. The second kappa shape index (κ2) is 4.38. The molecular weight excluding hydrogens is 253 g/mol. The van der Waals surface area contributed by atoms with Crippen molar-refractivity contribution in [3.63, 3.8) is 0 Å². The van der Waals surface area contributed by atoms with E-state index in [4.69, 9.17) is 11.6 Å². The highest BCUT2D eigenvalue weighted by Gasteiger charge is 2.06. The number of fused-ring (bicyclic) bond motifs is 1. The van der Waals surface area contributed by atoms with Crippen molar-refractivity contribution in [2.75, 3.05) is 0 Å². The fraction of sp³-hybridized carbons (Fsp3) is 0.0769. The number of hydrogen-bond acceptors (Lipinski definition) is 2. The Morgan fingerprint density at radius 3 is 2.61 bits per heavy atom. The highest BCUT2D eigenvalue weighted by atomic mass is 35.5. The average molecular weight is 262 g/mol. The van der Waals surface area contributed by atoms with Gasteiger partial charge in [0.25, 0.3) is 0 Å². The molecule has 0 amide bonds. The zero-order valence-corrected chi connectivity index (χ0v) is 10.1. The van der Waals surface area contributed by atoms with Gasteiger partial charge in [-0.05, 0) is 29.8 Å². The van der Waals surface area contributed by atoms with Crippen LogP contribution in [0.1, 0.15) is 11.4 Å². The molecule has 0 aliphatic heterocycles. The highest BCUT2D eigenvalue weighted by molar-refractivity contribution is 6.29. The van der Waals surface area contributed by atoms with E-state index in [9.17, 15) is 4.39 Å². The summed E-state index contributed by atoms with van der Waals surface area (Å²) >= 11 is 6.01. The topological polar surface area (TPSA) is 30.2 Å². The monoisotopic (exact) mass is 261 g/mol. The summed E-state index contributed by atoms with van der Waals surface area (Å²) in [6.45, 7) is 0. The van der Waals surface area contributed by atoms with E-state index in [1.165, 1.54) is 12.1 Å². The first-order valence-electron chi connectivity index (χ1n) is 5.47. The minimum atomic E-state index is -0.246.